The third-order valence-corrected chi connectivity index (χ3v) is 5.74. The van der Waals surface area contributed by atoms with Crippen LogP contribution in [0.5, 0.6) is 0 Å². The predicted molar refractivity (Wildman–Crippen MR) is 106 cm³/mol. The van der Waals surface area contributed by atoms with Gasteiger partial charge in [0.1, 0.15) is 0 Å². The maximum atomic E-state index is 13.1. The van der Waals surface area contributed by atoms with Crippen molar-refractivity contribution >= 4 is 27.6 Å². The molecule has 28 heavy (non-hydrogen) atoms. The molecule has 0 aliphatic heterocycles. The van der Waals surface area contributed by atoms with Crippen LogP contribution in [0.1, 0.15) is 25.8 Å². The number of amides is 1. The molecule has 0 atom stereocenters. The largest absolute Gasteiger partial charge is 0.466 e. The number of anilines is 1. The summed E-state index contributed by atoms with van der Waals surface area (Å²) in [6.45, 7) is 3.46. The minimum Gasteiger partial charge on any atom is -0.466 e. The molecule has 0 aliphatic rings. The highest BCUT2D eigenvalue weighted by atomic mass is 32.2. The molecule has 0 fully saturated rings. The summed E-state index contributed by atoms with van der Waals surface area (Å²) in [6, 6.07) is 15.1. The van der Waals surface area contributed by atoms with Crippen molar-refractivity contribution in [2.45, 2.75) is 31.7 Å². The molecule has 0 heterocycles. The Balaban J connectivity index is 2.25. The molecule has 0 spiro atoms. The van der Waals surface area contributed by atoms with Gasteiger partial charge in [0, 0.05) is 25.7 Å². The minimum absolute atomic E-state index is 0.00348. The van der Waals surface area contributed by atoms with Crippen molar-refractivity contribution in [1.82, 2.24) is 4.31 Å². The van der Waals surface area contributed by atoms with E-state index in [1.807, 2.05) is 30.3 Å². The standard InChI is InChI=1S/C20H24N2O5S/c1-3-27-20(24)13-14-22(15-17-7-5-4-6-8-17)28(25,26)19-11-9-18(10-12-19)21-16(2)23/h4-12H,3,13-15H2,1-2H3,(H,21,23). The molecule has 7 nitrogen and oxygen atoms in total. The van der Waals surface area contributed by atoms with Gasteiger partial charge >= 0.3 is 5.97 Å². The highest BCUT2D eigenvalue weighted by Gasteiger charge is 2.25. The third kappa shape index (κ3) is 6.17. The molecule has 150 valence electrons. The fourth-order valence-electron chi connectivity index (χ4n) is 2.58. The second-order valence-corrected chi connectivity index (χ2v) is 8.02. The summed E-state index contributed by atoms with van der Waals surface area (Å²) >= 11 is 0. The minimum atomic E-state index is -3.84. The van der Waals surface area contributed by atoms with Crippen LogP contribution in [-0.2, 0) is 30.9 Å². The van der Waals surface area contributed by atoms with E-state index >= 15 is 0 Å². The van der Waals surface area contributed by atoms with Gasteiger partial charge in [-0.25, -0.2) is 8.42 Å². The molecule has 2 aromatic carbocycles. The highest BCUT2D eigenvalue weighted by Crippen LogP contribution is 2.21. The molecule has 0 saturated heterocycles. The first kappa shape index (κ1) is 21.6. The van der Waals surface area contributed by atoms with Crippen molar-refractivity contribution in [2.24, 2.45) is 0 Å². The Morgan fingerprint density at radius 3 is 2.25 bits per heavy atom. The van der Waals surface area contributed by atoms with E-state index in [4.69, 9.17) is 4.74 Å². The monoisotopic (exact) mass is 404 g/mol. The summed E-state index contributed by atoms with van der Waals surface area (Å²) in [5, 5.41) is 2.60. The van der Waals surface area contributed by atoms with Crippen LogP contribution in [0.2, 0.25) is 0 Å². The Labute approximate surface area is 165 Å². The maximum Gasteiger partial charge on any atom is 0.307 e. The normalized spacial score (nSPS) is 11.2. The molecular formula is C20H24N2O5S. The Kier molecular flexibility index (Phi) is 7.71. The van der Waals surface area contributed by atoms with Crippen LogP contribution >= 0.6 is 0 Å². The first-order valence-corrected chi connectivity index (χ1v) is 10.3. The van der Waals surface area contributed by atoms with Crippen LogP contribution in [0.25, 0.3) is 0 Å². The van der Waals surface area contributed by atoms with Crippen LogP contribution in [0.4, 0.5) is 5.69 Å². The van der Waals surface area contributed by atoms with E-state index in [1.54, 1.807) is 6.92 Å². The fourth-order valence-corrected chi connectivity index (χ4v) is 4.01. The van der Waals surface area contributed by atoms with E-state index in [1.165, 1.54) is 35.5 Å². The van der Waals surface area contributed by atoms with Crippen molar-refractivity contribution in [3.8, 4) is 0 Å². The molecule has 0 bridgehead atoms. The van der Waals surface area contributed by atoms with E-state index in [9.17, 15) is 18.0 Å². The van der Waals surface area contributed by atoms with Gasteiger partial charge in [-0.2, -0.15) is 4.31 Å². The molecule has 1 amide bonds. The van der Waals surface area contributed by atoms with Gasteiger partial charge < -0.3 is 10.1 Å². The molecule has 0 aromatic heterocycles. The summed E-state index contributed by atoms with van der Waals surface area (Å²) in [5.74, 6) is -0.687. The van der Waals surface area contributed by atoms with E-state index in [2.05, 4.69) is 5.32 Å². The van der Waals surface area contributed by atoms with E-state index < -0.39 is 16.0 Å². The van der Waals surface area contributed by atoms with Crippen LogP contribution in [0, 0.1) is 0 Å². The first-order valence-electron chi connectivity index (χ1n) is 8.90. The van der Waals surface area contributed by atoms with Crippen molar-refractivity contribution < 1.29 is 22.7 Å². The molecule has 8 heteroatoms. The Hall–Kier alpha value is -2.71. The van der Waals surface area contributed by atoms with Crippen LogP contribution in [0.3, 0.4) is 0 Å². The van der Waals surface area contributed by atoms with Crippen LogP contribution in [0.15, 0.2) is 59.5 Å². The molecule has 0 aliphatic carbocycles. The van der Waals surface area contributed by atoms with E-state index in [0.29, 0.717) is 5.69 Å². The van der Waals surface area contributed by atoms with Crippen LogP contribution in [-0.4, -0.2) is 37.8 Å². The summed E-state index contributed by atoms with van der Waals surface area (Å²) in [7, 11) is -3.84. The topological polar surface area (TPSA) is 92.8 Å². The van der Waals surface area contributed by atoms with Crippen molar-refractivity contribution in [1.29, 1.82) is 0 Å². The maximum absolute atomic E-state index is 13.1. The zero-order valence-corrected chi connectivity index (χ0v) is 16.7. The number of rotatable bonds is 9. The van der Waals surface area contributed by atoms with Crippen molar-refractivity contribution in [3.05, 3.63) is 60.2 Å². The first-order chi connectivity index (χ1) is 13.3. The lowest BCUT2D eigenvalue weighted by Crippen LogP contribution is -2.33. The number of nitrogens with one attached hydrogen (secondary N) is 1. The van der Waals surface area contributed by atoms with E-state index in [-0.39, 0.29) is 36.9 Å². The average molecular weight is 404 g/mol. The summed E-state index contributed by atoms with van der Waals surface area (Å²) < 4.78 is 32.4. The summed E-state index contributed by atoms with van der Waals surface area (Å²) in [4.78, 5) is 22.9. The molecule has 0 unspecified atom stereocenters. The zero-order chi connectivity index (χ0) is 20.6. The molecule has 0 saturated carbocycles. The second kappa shape index (κ2) is 10.0. The van der Waals surface area contributed by atoms with E-state index in [0.717, 1.165) is 5.56 Å². The lowest BCUT2D eigenvalue weighted by molar-refractivity contribution is -0.143. The summed E-state index contributed by atoms with van der Waals surface area (Å²) in [6.07, 6.45) is -0.0378. The Morgan fingerprint density at radius 1 is 1.04 bits per heavy atom. The van der Waals surface area contributed by atoms with Gasteiger partial charge in [-0.05, 0) is 36.8 Å². The fraction of sp³-hybridized carbons (Fsp3) is 0.300. The highest BCUT2D eigenvalue weighted by molar-refractivity contribution is 7.89. The second-order valence-electron chi connectivity index (χ2n) is 6.08. The third-order valence-electron chi connectivity index (χ3n) is 3.88. The van der Waals surface area contributed by atoms with Gasteiger partial charge in [-0.3, -0.25) is 9.59 Å². The van der Waals surface area contributed by atoms with Gasteiger partial charge in [0.25, 0.3) is 0 Å². The number of nitrogens with zero attached hydrogens (tertiary/aromatic N) is 1. The van der Waals surface area contributed by atoms with Gasteiger partial charge in [0.05, 0.1) is 17.9 Å². The average Bonchev–Trinajstić information content (AvgIpc) is 2.66. The van der Waals surface area contributed by atoms with Gasteiger partial charge in [0.15, 0.2) is 0 Å². The number of hydrogen-bond acceptors (Lipinski definition) is 5. The molecular weight excluding hydrogens is 380 g/mol. The lowest BCUT2D eigenvalue weighted by atomic mass is 10.2. The number of carbonyl (C=O) groups is 2. The molecule has 2 aromatic rings. The Morgan fingerprint density at radius 2 is 1.68 bits per heavy atom. The van der Waals surface area contributed by atoms with Gasteiger partial charge in [-0.1, -0.05) is 30.3 Å². The number of carbonyl (C=O) groups excluding carboxylic acids is 2. The SMILES string of the molecule is CCOC(=O)CCN(Cc1ccccc1)S(=O)(=O)c1ccc(NC(C)=O)cc1. The molecule has 1 N–H and O–H groups in total. The number of hydrogen-bond donors (Lipinski definition) is 1. The number of sulfonamides is 1. The zero-order valence-electron chi connectivity index (χ0n) is 15.9. The quantitative estimate of drug-likeness (QED) is 0.649. The smallest absolute Gasteiger partial charge is 0.307 e. The van der Waals surface area contributed by atoms with Crippen molar-refractivity contribution in [2.75, 3.05) is 18.5 Å². The molecule has 0 radical (unpaired) electrons. The Bertz CT molecular complexity index is 896. The number of ether oxygens (including phenoxy) is 1. The van der Waals surface area contributed by atoms with Crippen molar-refractivity contribution in [3.63, 3.8) is 0 Å². The lowest BCUT2D eigenvalue weighted by Gasteiger charge is -2.22. The molecule has 2 rings (SSSR count). The predicted octanol–water partition coefficient (Wildman–Crippen LogP) is 2.79. The number of benzene rings is 2. The van der Waals surface area contributed by atoms with Gasteiger partial charge in [0.2, 0.25) is 15.9 Å². The van der Waals surface area contributed by atoms with Crippen LogP contribution < -0.4 is 5.32 Å². The van der Waals surface area contributed by atoms with Gasteiger partial charge in [-0.15, -0.1) is 0 Å². The number of esters is 1. The summed E-state index contributed by atoms with van der Waals surface area (Å²) in [5.41, 5.74) is 1.32.